The number of amides is 1. The van der Waals surface area contributed by atoms with Crippen molar-refractivity contribution in [2.24, 2.45) is 5.92 Å². The fraction of sp³-hybridized carbons (Fsp3) is 0.562. The van der Waals surface area contributed by atoms with E-state index in [0.717, 1.165) is 12.8 Å². The van der Waals surface area contributed by atoms with Gasteiger partial charge in [0, 0.05) is 6.54 Å². The predicted molar refractivity (Wildman–Crippen MR) is 78.2 cm³/mol. The van der Waals surface area contributed by atoms with Gasteiger partial charge >= 0.3 is 0 Å². The summed E-state index contributed by atoms with van der Waals surface area (Å²) in [5, 5.41) is 2.92. The molecule has 20 heavy (non-hydrogen) atoms. The van der Waals surface area contributed by atoms with Crippen LogP contribution in [0.25, 0.3) is 0 Å². The highest BCUT2D eigenvalue weighted by molar-refractivity contribution is 5.84. The number of hydrogen-bond donors (Lipinski definition) is 1. The number of hydrogen-bond acceptors (Lipinski definition) is 2. The van der Waals surface area contributed by atoms with Crippen LogP contribution in [-0.2, 0) is 4.79 Å². The van der Waals surface area contributed by atoms with Crippen molar-refractivity contribution in [2.75, 3.05) is 6.54 Å². The minimum atomic E-state index is -0.982. The van der Waals surface area contributed by atoms with E-state index in [1.165, 1.54) is 24.3 Å². The first-order valence-electron chi connectivity index (χ1n) is 7.12. The summed E-state index contributed by atoms with van der Waals surface area (Å²) in [5.41, 5.74) is -0.982. The molecule has 0 aliphatic rings. The van der Waals surface area contributed by atoms with Gasteiger partial charge in [-0.25, -0.2) is 4.39 Å². The molecule has 0 saturated heterocycles. The molecular weight excluding hydrogens is 257 g/mol. The number of benzene rings is 1. The minimum Gasteiger partial charge on any atom is -0.478 e. The van der Waals surface area contributed by atoms with E-state index in [0.29, 0.717) is 18.2 Å². The van der Waals surface area contributed by atoms with E-state index < -0.39 is 5.60 Å². The zero-order valence-electron chi connectivity index (χ0n) is 12.7. The molecule has 0 saturated carbocycles. The Balaban J connectivity index is 2.58. The van der Waals surface area contributed by atoms with Crippen molar-refractivity contribution < 1.29 is 13.9 Å². The smallest absolute Gasteiger partial charge is 0.263 e. The molecule has 4 heteroatoms. The van der Waals surface area contributed by atoms with Crippen LogP contribution in [-0.4, -0.2) is 18.1 Å². The second-order valence-electron chi connectivity index (χ2n) is 5.46. The lowest BCUT2D eigenvalue weighted by atomic mass is 10.0. The highest BCUT2D eigenvalue weighted by Crippen LogP contribution is 2.19. The number of nitrogens with one attached hydrogen (secondary N) is 1. The fourth-order valence-corrected chi connectivity index (χ4v) is 1.87. The highest BCUT2D eigenvalue weighted by atomic mass is 19.1. The van der Waals surface area contributed by atoms with Gasteiger partial charge in [0.1, 0.15) is 11.6 Å². The second-order valence-corrected chi connectivity index (χ2v) is 5.46. The van der Waals surface area contributed by atoms with Crippen molar-refractivity contribution in [3.8, 4) is 5.75 Å². The maximum atomic E-state index is 12.8. The summed E-state index contributed by atoms with van der Waals surface area (Å²) < 4.78 is 18.5. The summed E-state index contributed by atoms with van der Waals surface area (Å²) in [5.74, 6) is 0.483. The van der Waals surface area contributed by atoms with Crippen LogP contribution < -0.4 is 10.1 Å². The minimum absolute atomic E-state index is 0.159. The van der Waals surface area contributed by atoms with Crippen LogP contribution in [0.3, 0.4) is 0 Å². The first-order chi connectivity index (χ1) is 9.39. The SMILES string of the molecule is CCC(CC)CNC(=O)C(C)(C)Oc1ccc(F)cc1. The van der Waals surface area contributed by atoms with Gasteiger partial charge in [-0.1, -0.05) is 26.7 Å². The zero-order chi connectivity index (χ0) is 15.2. The Hall–Kier alpha value is -1.58. The number of ether oxygens (including phenoxy) is 1. The van der Waals surface area contributed by atoms with Gasteiger partial charge < -0.3 is 10.1 Å². The van der Waals surface area contributed by atoms with Gasteiger partial charge in [0.15, 0.2) is 5.60 Å². The van der Waals surface area contributed by atoms with E-state index in [2.05, 4.69) is 19.2 Å². The van der Waals surface area contributed by atoms with Crippen molar-refractivity contribution >= 4 is 5.91 Å². The van der Waals surface area contributed by atoms with Crippen molar-refractivity contribution in [2.45, 2.75) is 46.1 Å². The molecule has 0 heterocycles. The monoisotopic (exact) mass is 281 g/mol. The van der Waals surface area contributed by atoms with Crippen molar-refractivity contribution in [1.29, 1.82) is 0 Å². The molecule has 0 bridgehead atoms. The summed E-state index contributed by atoms with van der Waals surface area (Å²) in [4.78, 5) is 12.2. The average molecular weight is 281 g/mol. The molecule has 1 amide bonds. The lowest BCUT2D eigenvalue weighted by Crippen LogP contribution is -2.47. The molecule has 0 atom stereocenters. The predicted octanol–water partition coefficient (Wildman–Crippen LogP) is 3.54. The van der Waals surface area contributed by atoms with E-state index in [1.54, 1.807) is 13.8 Å². The standard InChI is InChI=1S/C16H24FNO2/c1-5-12(6-2)11-18-15(19)16(3,4)20-14-9-7-13(17)8-10-14/h7-10,12H,5-6,11H2,1-4H3,(H,18,19). The van der Waals surface area contributed by atoms with Crippen LogP contribution in [0, 0.1) is 11.7 Å². The Morgan fingerprint density at radius 2 is 1.80 bits per heavy atom. The largest absolute Gasteiger partial charge is 0.478 e. The summed E-state index contributed by atoms with van der Waals surface area (Å²) in [6, 6.07) is 5.66. The van der Waals surface area contributed by atoms with Gasteiger partial charge in [0.2, 0.25) is 0 Å². The summed E-state index contributed by atoms with van der Waals surface area (Å²) in [7, 11) is 0. The number of rotatable bonds is 7. The lowest BCUT2D eigenvalue weighted by molar-refractivity contribution is -0.134. The van der Waals surface area contributed by atoms with Gasteiger partial charge in [-0.3, -0.25) is 4.79 Å². The number of carbonyl (C=O) groups excluding carboxylic acids is 1. The van der Waals surface area contributed by atoms with E-state index >= 15 is 0 Å². The molecular formula is C16H24FNO2. The lowest BCUT2D eigenvalue weighted by Gasteiger charge is -2.26. The quantitative estimate of drug-likeness (QED) is 0.830. The third kappa shape index (κ3) is 4.83. The van der Waals surface area contributed by atoms with E-state index in [-0.39, 0.29) is 11.7 Å². The molecule has 1 rings (SSSR count). The Morgan fingerprint density at radius 3 is 2.30 bits per heavy atom. The molecule has 0 radical (unpaired) electrons. The zero-order valence-corrected chi connectivity index (χ0v) is 12.7. The normalized spacial score (nSPS) is 11.5. The van der Waals surface area contributed by atoms with Gasteiger partial charge in [-0.05, 0) is 44.0 Å². The van der Waals surface area contributed by atoms with Crippen LogP contribution in [0.15, 0.2) is 24.3 Å². The van der Waals surface area contributed by atoms with Crippen molar-refractivity contribution in [1.82, 2.24) is 5.32 Å². The fourth-order valence-electron chi connectivity index (χ4n) is 1.87. The van der Waals surface area contributed by atoms with Gasteiger partial charge in [0.25, 0.3) is 5.91 Å². The third-order valence-electron chi connectivity index (χ3n) is 3.44. The second kappa shape index (κ2) is 7.27. The first-order valence-corrected chi connectivity index (χ1v) is 7.12. The van der Waals surface area contributed by atoms with E-state index in [9.17, 15) is 9.18 Å². The van der Waals surface area contributed by atoms with E-state index in [4.69, 9.17) is 4.74 Å². The van der Waals surface area contributed by atoms with E-state index in [1.807, 2.05) is 0 Å². The molecule has 3 nitrogen and oxygen atoms in total. The molecule has 0 aliphatic heterocycles. The maximum absolute atomic E-state index is 12.8. The highest BCUT2D eigenvalue weighted by Gasteiger charge is 2.30. The first kappa shape index (κ1) is 16.5. The summed E-state index contributed by atoms with van der Waals surface area (Å²) in [6.45, 7) is 8.29. The Bertz CT molecular complexity index is 425. The van der Waals surface area contributed by atoms with Crippen molar-refractivity contribution in [3.63, 3.8) is 0 Å². The molecule has 1 aromatic rings. The maximum Gasteiger partial charge on any atom is 0.263 e. The molecule has 0 aromatic heterocycles. The molecule has 0 fully saturated rings. The molecule has 1 aromatic carbocycles. The van der Waals surface area contributed by atoms with Crippen LogP contribution >= 0.6 is 0 Å². The topological polar surface area (TPSA) is 38.3 Å². The van der Waals surface area contributed by atoms with Crippen LogP contribution in [0.4, 0.5) is 4.39 Å². The van der Waals surface area contributed by atoms with Gasteiger partial charge in [-0.15, -0.1) is 0 Å². The van der Waals surface area contributed by atoms with Crippen LogP contribution in [0.5, 0.6) is 5.75 Å². The van der Waals surface area contributed by atoms with Gasteiger partial charge in [0.05, 0.1) is 0 Å². The summed E-state index contributed by atoms with van der Waals surface area (Å²) >= 11 is 0. The molecule has 0 aliphatic carbocycles. The number of carbonyl (C=O) groups is 1. The summed E-state index contributed by atoms with van der Waals surface area (Å²) in [6.07, 6.45) is 2.08. The molecule has 112 valence electrons. The Labute approximate surface area is 120 Å². The average Bonchev–Trinajstić information content (AvgIpc) is 2.42. The molecule has 1 N–H and O–H groups in total. The van der Waals surface area contributed by atoms with Crippen LogP contribution in [0.2, 0.25) is 0 Å². The molecule has 0 unspecified atom stereocenters. The third-order valence-corrected chi connectivity index (χ3v) is 3.44. The molecule has 0 spiro atoms. The number of halogens is 1. The van der Waals surface area contributed by atoms with Crippen molar-refractivity contribution in [3.05, 3.63) is 30.1 Å². The Kier molecular flexibility index (Phi) is 5.99. The van der Waals surface area contributed by atoms with Gasteiger partial charge in [-0.2, -0.15) is 0 Å². The Morgan fingerprint density at radius 1 is 1.25 bits per heavy atom. The van der Waals surface area contributed by atoms with Crippen LogP contribution in [0.1, 0.15) is 40.5 Å².